The van der Waals surface area contributed by atoms with Gasteiger partial charge in [-0.05, 0) is 42.8 Å². The molecule has 0 saturated heterocycles. The van der Waals surface area contributed by atoms with Crippen LogP contribution in [0.1, 0.15) is 25.6 Å². The zero-order valence-electron chi connectivity index (χ0n) is 10.4. The van der Waals surface area contributed by atoms with Crippen LogP contribution in [0.25, 0.3) is 10.1 Å². The second-order valence-electron chi connectivity index (χ2n) is 4.87. The molecule has 2 nitrogen and oxygen atoms in total. The molecule has 1 aromatic carbocycles. The fourth-order valence-electron chi connectivity index (χ4n) is 1.37. The molecule has 0 aliphatic heterocycles. The normalized spacial score (nSPS) is 14.4. The van der Waals surface area contributed by atoms with Gasteiger partial charge in [0.25, 0.3) is 0 Å². The van der Waals surface area contributed by atoms with Gasteiger partial charge in [-0.3, -0.25) is 0 Å². The van der Waals surface area contributed by atoms with E-state index in [1.54, 1.807) is 17.6 Å². The molecular formula is C13H14BrNOS2. The van der Waals surface area contributed by atoms with Crippen LogP contribution in [0.3, 0.4) is 0 Å². The molecule has 2 aromatic rings. The third-order valence-corrected chi connectivity index (χ3v) is 5.92. The molecule has 0 spiro atoms. The average molecular weight is 344 g/mol. The summed E-state index contributed by atoms with van der Waals surface area (Å²) in [5, 5.41) is 1.17. The van der Waals surface area contributed by atoms with Crippen molar-refractivity contribution in [1.82, 2.24) is 0 Å². The van der Waals surface area contributed by atoms with Crippen molar-refractivity contribution < 1.29 is 4.21 Å². The summed E-state index contributed by atoms with van der Waals surface area (Å²) in [5.41, 5.74) is 0. The van der Waals surface area contributed by atoms with E-state index in [1.165, 1.54) is 10.1 Å². The average Bonchev–Trinajstić information content (AvgIpc) is 2.63. The Hall–Kier alpha value is -0.520. The summed E-state index contributed by atoms with van der Waals surface area (Å²) in [6.45, 7) is 5.75. The van der Waals surface area contributed by atoms with Gasteiger partial charge in [-0.15, -0.1) is 11.3 Å². The summed E-state index contributed by atoms with van der Waals surface area (Å²) in [5.74, 6) is 0. The minimum atomic E-state index is -1.21. The first kappa shape index (κ1) is 13.9. The summed E-state index contributed by atoms with van der Waals surface area (Å²) in [6, 6.07) is 8.16. The summed E-state index contributed by atoms with van der Waals surface area (Å²) in [4.78, 5) is 1.01. The highest BCUT2D eigenvalue weighted by atomic mass is 79.9. The Kier molecular flexibility index (Phi) is 4.04. The van der Waals surface area contributed by atoms with Crippen LogP contribution >= 0.6 is 27.3 Å². The van der Waals surface area contributed by atoms with Crippen LogP contribution in [-0.2, 0) is 11.0 Å². The van der Waals surface area contributed by atoms with E-state index in [9.17, 15) is 4.21 Å². The van der Waals surface area contributed by atoms with Gasteiger partial charge in [0, 0.05) is 14.6 Å². The lowest BCUT2D eigenvalue weighted by atomic mass is 10.2. The van der Waals surface area contributed by atoms with Crippen molar-refractivity contribution in [3.05, 3.63) is 33.6 Å². The maximum atomic E-state index is 11.9. The van der Waals surface area contributed by atoms with Crippen LogP contribution in [0.15, 0.2) is 33.1 Å². The minimum Gasteiger partial charge on any atom is -0.234 e. The van der Waals surface area contributed by atoms with E-state index < -0.39 is 11.0 Å². The molecule has 0 aliphatic rings. The minimum absolute atomic E-state index is 0.320. The molecule has 5 heteroatoms. The molecule has 1 atom stereocenters. The summed E-state index contributed by atoms with van der Waals surface area (Å²) >= 11 is 5.22. The van der Waals surface area contributed by atoms with Crippen molar-refractivity contribution >= 4 is 54.6 Å². The fraction of sp³-hybridized carbons (Fsp3) is 0.308. The number of fused-ring (bicyclic) bond motifs is 1. The largest absolute Gasteiger partial charge is 0.234 e. The second kappa shape index (κ2) is 5.23. The van der Waals surface area contributed by atoms with Gasteiger partial charge in [-0.25, -0.2) is 4.21 Å². The van der Waals surface area contributed by atoms with E-state index in [-0.39, 0.29) is 4.75 Å². The van der Waals surface area contributed by atoms with E-state index in [0.29, 0.717) is 0 Å². The third-order valence-electron chi connectivity index (χ3n) is 2.35. The topological polar surface area (TPSA) is 29.4 Å². The highest BCUT2D eigenvalue weighted by molar-refractivity contribution is 9.10. The van der Waals surface area contributed by atoms with E-state index in [4.69, 9.17) is 0 Å². The van der Waals surface area contributed by atoms with Crippen LogP contribution in [-0.4, -0.2) is 15.2 Å². The zero-order chi connectivity index (χ0) is 13.3. The first-order valence-electron chi connectivity index (χ1n) is 5.52. The Morgan fingerprint density at radius 1 is 1.33 bits per heavy atom. The molecule has 1 unspecified atom stereocenters. The highest BCUT2D eigenvalue weighted by Crippen LogP contribution is 2.34. The molecule has 0 saturated carbocycles. The summed E-state index contributed by atoms with van der Waals surface area (Å²) < 4.78 is 17.9. The first-order valence-corrected chi connectivity index (χ1v) is 8.24. The van der Waals surface area contributed by atoms with Gasteiger partial charge in [0.1, 0.15) is 11.0 Å². The SMILES string of the molecule is CC(C)(C)S(=O)/N=C/c1sc2ccccc2c1Br. The van der Waals surface area contributed by atoms with Crippen LogP contribution in [0.2, 0.25) is 0 Å². The number of thiophene rings is 1. The second-order valence-corrected chi connectivity index (χ2v) is 8.68. The lowest BCUT2D eigenvalue weighted by Crippen LogP contribution is -2.19. The predicted octanol–water partition coefficient (Wildman–Crippen LogP) is 4.54. The molecule has 0 bridgehead atoms. The molecule has 1 aromatic heterocycles. The van der Waals surface area contributed by atoms with E-state index in [2.05, 4.69) is 32.5 Å². The van der Waals surface area contributed by atoms with Gasteiger partial charge < -0.3 is 0 Å². The van der Waals surface area contributed by atoms with Gasteiger partial charge in [0.2, 0.25) is 0 Å². The summed E-state index contributed by atoms with van der Waals surface area (Å²) in [7, 11) is -1.21. The van der Waals surface area contributed by atoms with Gasteiger partial charge in [0.05, 0.1) is 15.8 Å². The molecule has 1 heterocycles. The third kappa shape index (κ3) is 2.90. The van der Waals surface area contributed by atoms with Crippen molar-refractivity contribution in [2.75, 3.05) is 0 Å². The first-order chi connectivity index (χ1) is 8.39. The van der Waals surface area contributed by atoms with E-state index in [1.807, 2.05) is 32.9 Å². The van der Waals surface area contributed by atoms with Crippen LogP contribution < -0.4 is 0 Å². The Morgan fingerprint density at radius 2 is 2.00 bits per heavy atom. The lowest BCUT2D eigenvalue weighted by Gasteiger charge is -2.12. The Balaban J connectivity index is 2.36. The number of benzene rings is 1. The number of rotatable bonds is 2. The zero-order valence-corrected chi connectivity index (χ0v) is 13.7. The Bertz CT molecular complexity index is 625. The maximum Gasteiger partial charge on any atom is 0.144 e. The fourth-order valence-corrected chi connectivity index (χ4v) is 3.74. The van der Waals surface area contributed by atoms with Gasteiger partial charge in [0.15, 0.2) is 0 Å². The molecule has 0 N–H and O–H groups in total. The number of halogens is 1. The van der Waals surface area contributed by atoms with Crippen molar-refractivity contribution in [3.63, 3.8) is 0 Å². The van der Waals surface area contributed by atoms with Gasteiger partial charge in [-0.2, -0.15) is 4.40 Å². The quantitative estimate of drug-likeness (QED) is 0.735. The monoisotopic (exact) mass is 343 g/mol. The van der Waals surface area contributed by atoms with E-state index >= 15 is 0 Å². The van der Waals surface area contributed by atoms with Crippen molar-refractivity contribution in [2.24, 2.45) is 4.40 Å². The molecule has 0 aliphatic carbocycles. The van der Waals surface area contributed by atoms with Gasteiger partial charge >= 0.3 is 0 Å². The van der Waals surface area contributed by atoms with Crippen molar-refractivity contribution in [3.8, 4) is 0 Å². The van der Waals surface area contributed by atoms with Gasteiger partial charge in [-0.1, -0.05) is 18.2 Å². The molecule has 96 valence electrons. The van der Waals surface area contributed by atoms with Crippen LogP contribution in [0.5, 0.6) is 0 Å². The Labute approximate surface area is 122 Å². The van der Waals surface area contributed by atoms with Crippen LogP contribution in [0.4, 0.5) is 0 Å². The highest BCUT2D eigenvalue weighted by Gasteiger charge is 2.18. The molecular weight excluding hydrogens is 330 g/mol. The number of nitrogens with zero attached hydrogens (tertiary/aromatic N) is 1. The standard InChI is InChI=1S/C13H14BrNOS2/c1-13(2,3)18(16)15-8-11-12(14)9-6-4-5-7-10(9)17-11/h4-8H,1-3H3/b15-8+. The number of hydrogen-bond acceptors (Lipinski definition) is 2. The van der Waals surface area contributed by atoms with Crippen molar-refractivity contribution in [2.45, 2.75) is 25.5 Å². The molecule has 2 rings (SSSR count). The van der Waals surface area contributed by atoms with E-state index in [0.717, 1.165) is 9.35 Å². The molecule has 18 heavy (non-hydrogen) atoms. The predicted molar refractivity (Wildman–Crippen MR) is 85.0 cm³/mol. The number of hydrogen-bond donors (Lipinski definition) is 0. The summed E-state index contributed by atoms with van der Waals surface area (Å²) in [6.07, 6.45) is 1.70. The lowest BCUT2D eigenvalue weighted by molar-refractivity contribution is 0.651. The smallest absolute Gasteiger partial charge is 0.144 e. The molecule has 0 fully saturated rings. The Morgan fingerprint density at radius 3 is 2.61 bits per heavy atom. The molecule has 0 amide bonds. The van der Waals surface area contributed by atoms with Crippen molar-refractivity contribution in [1.29, 1.82) is 0 Å². The maximum absolute atomic E-state index is 11.9. The van der Waals surface area contributed by atoms with Crippen LogP contribution in [0, 0.1) is 0 Å². The molecule has 0 radical (unpaired) electrons.